The zero-order chi connectivity index (χ0) is 21.6. The van der Waals surface area contributed by atoms with Crippen LogP contribution in [0.4, 0.5) is 0 Å². The number of hydrogen-bond donors (Lipinski definition) is 5. The van der Waals surface area contributed by atoms with Crippen LogP contribution >= 0.6 is 0 Å². The van der Waals surface area contributed by atoms with Gasteiger partial charge < -0.3 is 30.5 Å². The molecule has 0 bridgehead atoms. The standard InChI is InChI=1S/C20H31BN2O6/c1-12(2)9-18(21(27)28)23-20(26)16(11-24)22-19(25)14-8-7-13-5-4-6-17(29-3)15(13)10-14/h4-6,12,14,16,18,24,27-28H,7-11H2,1-3H3,(H,22,25)(H,23,26)/t14?,16-,18?/m0/s1. The Labute approximate surface area is 171 Å². The van der Waals surface area contributed by atoms with Crippen molar-refractivity contribution in [3.8, 4) is 5.75 Å². The molecule has 0 saturated heterocycles. The smallest absolute Gasteiger partial charge is 0.475 e. The number of aliphatic hydroxyl groups is 1. The van der Waals surface area contributed by atoms with Crippen molar-refractivity contribution in [2.75, 3.05) is 13.7 Å². The number of amides is 2. The van der Waals surface area contributed by atoms with Crippen molar-refractivity contribution in [2.45, 2.75) is 51.5 Å². The number of benzene rings is 1. The van der Waals surface area contributed by atoms with Gasteiger partial charge in [-0.05, 0) is 48.8 Å². The molecule has 0 spiro atoms. The third-order valence-corrected chi connectivity index (χ3v) is 5.26. The number of aryl methyl sites for hydroxylation is 1. The Kier molecular flexibility index (Phi) is 8.49. The van der Waals surface area contributed by atoms with Crippen LogP contribution in [0.5, 0.6) is 5.75 Å². The van der Waals surface area contributed by atoms with Crippen molar-refractivity contribution in [3.05, 3.63) is 29.3 Å². The van der Waals surface area contributed by atoms with Gasteiger partial charge in [-0.2, -0.15) is 0 Å². The van der Waals surface area contributed by atoms with E-state index in [-0.39, 0.29) is 17.7 Å². The molecule has 2 amide bonds. The summed E-state index contributed by atoms with van der Waals surface area (Å²) in [7, 11) is -0.132. The number of hydrogen-bond acceptors (Lipinski definition) is 6. The minimum Gasteiger partial charge on any atom is -0.496 e. The maximum atomic E-state index is 12.7. The topological polar surface area (TPSA) is 128 Å². The number of nitrogens with one attached hydrogen (secondary N) is 2. The molecular weight excluding hydrogens is 375 g/mol. The molecule has 9 heteroatoms. The first-order valence-electron chi connectivity index (χ1n) is 9.99. The quantitative estimate of drug-likeness (QED) is 0.362. The van der Waals surface area contributed by atoms with Gasteiger partial charge in [0.1, 0.15) is 11.8 Å². The van der Waals surface area contributed by atoms with Crippen LogP contribution < -0.4 is 15.4 Å². The van der Waals surface area contributed by atoms with E-state index >= 15 is 0 Å². The van der Waals surface area contributed by atoms with Crippen molar-refractivity contribution >= 4 is 18.9 Å². The summed E-state index contributed by atoms with van der Waals surface area (Å²) in [6.45, 7) is 3.20. The van der Waals surface area contributed by atoms with Gasteiger partial charge in [0, 0.05) is 5.92 Å². The molecule has 1 aliphatic carbocycles. The second-order valence-electron chi connectivity index (χ2n) is 7.94. The monoisotopic (exact) mass is 406 g/mol. The maximum Gasteiger partial charge on any atom is 0.475 e. The summed E-state index contributed by atoms with van der Waals surface area (Å²) >= 11 is 0. The highest BCUT2D eigenvalue weighted by Gasteiger charge is 2.32. The fourth-order valence-corrected chi connectivity index (χ4v) is 3.70. The summed E-state index contributed by atoms with van der Waals surface area (Å²) < 4.78 is 5.40. The Bertz CT molecular complexity index is 698. The first-order valence-corrected chi connectivity index (χ1v) is 9.99. The molecule has 2 rings (SSSR count). The molecule has 0 aromatic heterocycles. The minimum atomic E-state index is -1.72. The van der Waals surface area contributed by atoms with Crippen LogP contribution in [-0.2, 0) is 22.4 Å². The Morgan fingerprint density at radius 3 is 2.59 bits per heavy atom. The lowest BCUT2D eigenvalue weighted by atomic mass is 9.75. The zero-order valence-corrected chi connectivity index (χ0v) is 17.2. The Morgan fingerprint density at radius 2 is 2.00 bits per heavy atom. The lowest BCUT2D eigenvalue weighted by Crippen LogP contribution is -2.56. The first-order chi connectivity index (χ1) is 13.8. The van der Waals surface area contributed by atoms with Crippen LogP contribution in [-0.4, -0.2) is 59.8 Å². The van der Waals surface area contributed by atoms with Gasteiger partial charge in [-0.15, -0.1) is 0 Å². The van der Waals surface area contributed by atoms with Crippen molar-refractivity contribution in [3.63, 3.8) is 0 Å². The molecule has 1 aromatic carbocycles. The third kappa shape index (κ3) is 6.19. The number of carbonyl (C=O) groups excluding carboxylic acids is 2. The maximum absolute atomic E-state index is 12.7. The van der Waals surface area contributed by atoms with Crippen LogP contribution in [0.3, 0.4) is 0 Å². The molecule has 160 valence electrons. The fraction of sp³-hybridized carbons (Fsp3) is 0.600. The highest BCUT2D eigenvalue weighted by molar-refractivity contribution is 6.43. The zero-order valence-electron chi connectivity index (χ0n) is 17.2. The number of methoxy groups -OCH3 is 1. The Morgan fingerprint density at radius 1 is 1.28 bits per heavy atom. The fourth-order valence-electron chi connectivity index (χ4n) is 3.70. The first kappa shape index (κ1) is 23.2. The summed E-state index contributed by atoms with van der Waals surface area (Å²) in [5, 5.41) is 33.6. The van der Waals surface area contributed by atoms with Crippen molar-refractivity contribution in [1.29, 1.82) is 0 Å². The normalized spacial score (nSPS) is 17.8. The molecule has 3 atom stereocenters. The van der Waals surface area contributed by atoms with Gasteiger partial charge in [0.2, 0.25) is 11.8 Å². The molecule has 0 saturated carbocycles. The predicted molar refractivity (Wildman–Crippen MR) is 109 cm³/mol. The van der Waals surface area contributed by atoms with Gasteiger partial charge >= 0.3 is 7.12 Å². The van der Waals surface area contributed by atoms with Crippen LogP contribution in [0, 0.1) is 11.8 Å². The number of rotatable bonds is 9. The number of ether oxygens (including phenoxy) is 1. The van der Waals surface area contributed by atoms with Crippen LogP contribution in [0.2, 0.25) is 0 Å². The van der Waals surface area contributed by atoms with Crippen molar-refractivity contribution in [2.24, 2.45) is 11.8 Å². The average Bonchev–Trinajstić information content (AvgIpc) is 2.69. The van der Waals surface area contributed by atoms with E-state index in [1.165, 1.54) is 0 Å². The largest absolute Gasteiger partial charge is 0.496 e. The number of carbonyl (C=O) groups is 2. The summed E-state index contributed by atoms with van der Waals surface area (Å²) in [6.07, 6.45) is 2.22. The average molecular weight is 406 g/mol. The molecule has 29 heavy (non-hydrogen) atoms. The third-order valence-electron chi connectivity index (χ3n) is 5.26. The summed E-state index contributed by atoms with van der Waals surface area (Å²) in [4.78, 5) is 25.2. The minimum absolute atomic E-state index is 0.126. The summed E-state index contributed by atoms with van der Waals surface area (Å²) in [6, 6.07) is 4.64. The summed E-state index contributed by atoms with van der Waals surface area (Å²) in [5.74, 6) is -1.31. The predicted octanol–water partition coefficient (Wildman–Crippen LogP) is -0.180. The van der Waals surface area contributed by atoms with Crippen LogP contribution in [0.25, 0.3) is 0 Å². The number of aliphatic hydroxyl groups excluding tert-OH is 1. The van der Waals surface area contributed by atoms with E-state index in [1.54, 1.807) is 7.11 Å². The molecule has 0 heterocycles. The molecule has 2 unspecified atom stereocenters. The van der Waals surface area contributed by atoms with E-state index in [0.29, 0.717) is 19.3 Å². The SMILES string of the molecule is COc1cccc2c1CC(C(=O)N[C@@H](CO)C(=O)NC(CC(C)C)B(O)O)CC2. The van der Waals surface area contributed by atoms with E-state index in [1.807, 2.05) is 32.0 Å². The molecule has 0 fully saturated rings. The van der Waals surface area contributed by atoms with Gasteiger partial charge in [-0.1, -0.05) is 26.0 Å². The molecule has 0 aliphatic heterocycles. The summed E-state index contributed by atoms with van der Waals surface area (Å²) in [5.41, 5.74) is 2.14. The van der Waals surface area contributed by atoms with E-state index in [9.17, 15) is 24.7 Å². The van der Waals surface area contributed by atoms with Crippen molar-refractivity contribution < 1.29 is 29.5 Å². The lowest BCUT2D eigenvalue weighted by molar-refractivity contribution is -0.132. The van der Waals surface area contributed by atoms with E-state index in [4.69, 9.17) is 4.74 Å². The van der Waals surface area contributed by atoms with Gasteiger partial charge in [0.05, 0.1) is 19.7 Å². The van der Waals surface area contributed by atoms with Gasteiger partial charge in [-0.25, -0.2) is 0 Å². The Balaban J connectivity index is 2.01. The van der Waals surface area contributed by atoms with E-state index in [2.05, 4.69) is 10.6 Å². The second-order valence-corrected chi connectivity index (χ2v) is 7.94. The van der Waals surface area contributed by atoms with E-state index in [0.717, 1.165) is 23.3 Å². The molecule has 1 aromatic rings. The molecule has 0 radical (unpaired) electrons. The van der Waals surface area contributed by atoms with Crippen LogP contribution in [0.1, 0.15) is 37.8 Å². The molecule has 8 nitrogen and oxygen atoms in total. The van der Waals surface area contributed by atoms with Gasteiger partial charge in [0.15, 0.2) is 0 Å². The lowest BCUT2D eigenvalue weighted by Gasteiger charge is -2.27. The van der Waals surface area contributed by atoms with Gasteiger partial charge in [0.25, 0.3) is 0 Å². The van der Waals surface area contributed by atoms with Crippen LogP contribution in [0.15, 0.2) is 18.2 Å². The van der Waals surface area contributed by atoms with Gasteiger partial charge in [-0.3, -0.25) is 9.59 Å². The highest BCUT2D eigenvalue weighted by Crippen LogP contribution is 2.32. The molecule has 5 N–H and O–H groups in total. The molecular formula is C20H31BN2O6. The van der Waals surface area contributed by atoms with Crippen molar-refractivity contribution in [1.82, 2.24) is 10.6 Å². The molecule has 1 aliphatic rings. The van der Waals surface area contributed by atoms with E-state index < -0.39 is 31.6 Å². The number of fused-ring (bicyclic) bond motifs is 1. The Hall–Kier alpha value is -2.10. The highest BCUT2D eigenvalue weighted by atomic mass is 16.5. The second kappa shape index (κ2) is 10.6.